The number of aromatic nitrogens is 2. The Morgan fingerprint density at radius 1 is 1.00 bits per heavy atom. The number of methoxy groups -OCH3 is 1. The molecule has 3 aromatic rings. The summed E-state index contributed by atoms with van der Waals surface area (Å²) >= 11 is 0. The molecular formula is C21H24N4O4. The van der Waals surface area contributed by atoms with Gasteiger partial charge in [0, 0.05) is 5.69 Å². The number of ether oxygens (including phenoxy) is 2. The van der Waals surface area contributed by atoms with E-state index >= 15 is 0 Å². The molecule has 0 spiro atoms. The van der Waals surface area contributed by atoms with Crippen molar-refractivity contribution in [2.24, 2.45) is 0 Å². The number of amides is 2. The molecule has 152 valence electrons. The lowest BCUT2D eigenvalue weighted by Gasteiger charge is -2.07. The Morgan fingerprint density at radius 2 is 1.72 bits per heavy atom. The van der Waals surface area contributed by atoms with Gasteiger partial charge in [-0.25, -0.2) is 4.79 Å². The van der Waals surface area contributed by atoms with Gasteiger partial charge >= 0.3 is 12.0 Å². The second-order valence-electron chi connectivity index (χ2n) is 6.33. The van der Waals surface area contributed by atoms with Gasteiger partial charge in [0.25, 0.3) is 0 Å². The molecular weight excluding hydrogens is 372 g/mol. The molecule has 3 rings (SSSR count). The van der Waals surface area contributed by atoms with E-state index in [0.717, 1.165) is 29.9 Å². The highest BCUT2D eigenvalue weighted by atomic mass is 16.5. The average Bonchev–Trinajstić information content (AvgIpc) is 3.16. The summed E-state index contributed by atoms with van der Waals surface area (Å²) in [7, 11) is 1.62. The first-order valence-corrected chi connectivity index (χ1v) is 9.42. The molecule has 0 atom stereocenters. The highest BCUT2D eigenvalue weighted by Gasteiger charge is 2.11. The molecule has 0 bridgehead atoms. The number of carbonyl (C=O) groups excluding carboxylic acids is 1. The van der Waals surface area contributed by atoms with Crippen LogP contribution < -0.4 is 20.1 Å². The molecule has 29 heavy (non-hydrogen) atoms. The average molecular weight is 396 g/mol. The SMILES string of the molecule is CCCCOc1ccc(NC(=O)Nc2nnc(Cc3ccc(OC)cc3)o2)cc1. The fourth-order valence-corrected chi connectivity index (χ4v) is 2.52. The molecule has 2 N–H and O–H groups in total. The molecule has 0 unspecified atom stereocenters. The van der Waals surface area contributed by atoms with Crippen molar-refractivity contribution < 1.29 is 18.7 Å². The lowest BCUT2D eigenvalue weighted by Crippen LogP contribution is -2.19. The van der Waals surface area contributed by atoms with Gasteiger partial charge in [-0.15, -0.1) is 5.10 Å². The summed E-state index contributed by atoms with van der Waals surface area (Å²) in [6, 6.07) is 14.3. The molecule has 0 aliphatic rings. The van der Waals surface area contributed by atoms with Crippen molar-refractivity contribution in [1.29, 1.82) is 0 Å². The standard InChI is InChI=1S/C21H24N4O4/c1-3-4-13-28-18-11-7-16(8-12-18)22-20(26)23-21-25-24-19(29-21)14-15-5-9-17(27-2)10-6-15/h5-12H,3-4,13-14H2,1-2H3,(H2,22,23,25,26). The molecule has 8 nitrogen and oxygen atoms in total. The smallest absolute Gasteiger partial charge is 0.327 e. The second-order valence-corrected chi connectivity index (χ2v) is 6.33. The van der Waals surface area contributed by atoms with Crippen LogP contribution in [0.25, 0.3) is 0 Å². The molecule has 0 aliphatic heterocycles. The predicted molar refractivity (Wildman–Crippen MR) is 110 cm³/mol. The maximum absolute atomic E-state index is 12.1. The summed E-state index contributed by atoms with van der Waals surface area (Å²) in [5.41, 5.74) is 1.62. The van der Waals surface area contributed by atoms with Crippen molar-refractivity contribution in [2.75, 3.05) is 24.4 Å². The molecule has 2 amide bonds. The molecule has 0 fully saturated rings. The van der Waals surface area contributed by atoms with E-state index in [1.54, 1.807) is 19.2 Å². The van der Waals surface area contributed by atoms with E-state index in [1.165, 1.54) is 0 Å². The van der Waals surface area contributed by atoms with Gasteiger partial charge in [0.15, 0.2) is 0 Å². The van der Waals surface area contributed by atoms with Gasteiger partial charge in [0.1, 0.15) is 11.5 Å². The third-order valence-corrected chi connectivity index (χ3v) is 4.08. The molecule has 0 saturated carbocycles. The fraction of sp³-hybridized carbons (Fsp3) is 0.286. The Hall–Kier alpha value is -3.55. The minimum Gasteiger partial charge on any atom is -0.497 e. The molecule has 2 aromatic carbocycles. The van der Waals surface area contributed by atoms with E-state index in [0.29, 0.717) is 24.6 Å². The Morgan fingerprint density at radius 3 is 2.41 bits per heavy atom. The summed E-state index contributed by atoms with van der Waals surface area (Å²) in [4.78, 5) is 12.1. The van der Waals surface area contributed by atoms with Crippen molar-refractivity contribution >= 4 is 17.7 Å². The normalized spacial score (nSPS) is 10.4. The highest BCUT2D eigenvalue weighted by Crippen LogP contribution is 2.17. The molecule has 0 saturated heterocycles. The zero-order valence-electron chi connectivity index (χ0n) is 16.5. The van der Waals surface area contributed by atoms with Crippen molar-refractivity contribution in [2.45, 2.75) is 26.2 Å². The number of nitrogens with zero attached hydrogens (tertiary/aromatic N) is 2. The molecule has 0 aliphatic carbocycles. The number of hydrogen-bond donors (Lipinski definition) is 2. The van der Waals surface area contributed by atoms with Crippen LogP contribution in [-0.2, 0) is 6.42 Å². The first-order valence-electron chi connectivity index (χ1n) is 9.42. The van der Waals surface area contributed by atoms with Crippen LogP contribution in [0.3, 0.4) is 0 Å². The minimum absolute atomic E-state index is 0.0329. The van der Waals surface area contributed by atoms with Crippen LogP contribution >= 0.6 is 0 Å². The van der Waals surface area contributed by atoms with E-state index in [-0.39, 0.29) is 6.01 Å². The Balaban J connectivity index is 1.49. The number of rotatable bonds is 9. The number of anilines is 2. The Kier molecular flexibility index (Phi) is 7.05. The number of hydrogen-bond acceptors (Lipinski definition) is 6. The van der Waals surface area contributed by atoms with Crippen LogP contribution in [0.5, 0.6) is 11.5 Å². The van der Waals surface area contributed by atoms with E-state index in [1.807, 2.05) is 36.4 Å². The molecule has 0 radical (unpaired) electrons. The van der Waals surface area contributed by atoms with Crippen molar-refractivity contribution in [3.05, 3.63) is 60.0 Å². The van der Waals surface area contributed by atoms with Crippen LogP contribution in [0.1, 0.15) is 31.2 Å². The first-order chi connectivity index (χ1) is 14.2. The number of benzene rings is 2. The summed E-state index contributed by atoms with van der Waals surface area (Å²) in [5.74, 6) is 1.95. The Bertz CT molecular complexity index is 907. The highest BCUT2D eigenvalue weighted by molar-refractivity contribution is 5.98. The van der Waals surface area contributed by atoms with Crippen molar-refractivity contribution in [3.8, 4) is 11.5 Å². The summed E-state index contributed by atoms with van der Waals surface area (Å²) in [5, 5.41) is 13.0. The summed E-state index contributed by atoms with van der Waals surface area (Å²) < 4.78 is 16.2. The first kappa shape index (κ1) is 20.2. The van der Waals surface area contributed by atoms with Crippen molar-refractivity contribution in [3.63, 3.8) is 0 Å². The molecule has 1 heterocycles. The van der Waals surface area contributed by atoms with Crippen LogP contribution in [-0.4, -0.2) is 29.9 Å². The lowest BCUT2D eigenvalue weighted by molar-refractivity contribution is 0.261. The van der Waals surface area contributed by atoms with E-state index in [2.05, 4.69) is 27.8 Å². The molecule has 1 aromatic heterocycles. The third kappa shape index (κ3) is 6.24. The quantitative estimate of drug-likeness (QED) is 0.517. The van der Waals surface area contributed by atoms with Gasteiger partial charge in [-0.1, -0.05) is 30.6 Å². The van der Waals surface area contributed by atoms with Crippen LogP contribution in [0.2, 0.25) is 0 Å². The summed E-state index contributed by atoms with van der Waals surface area (Å²) in [6.45, 7) is 2.79. The van der Waals surface area contributed by atoms with Gasteiger partial charge in [-0.05, 0) is 48.4 Å². The monoisotopic (exact) mass is 396 g/mol. The van der Waals surface area contributed by atoms with Gasteiger partial charge in [0.05, 0.1) is 20.1 Å². The maximum atomic E-state index is 12.1. The topological polar surface area (TPSA) is 98.5 Å². The Labute approximate surface area is 169 Å². The van der Waals surface area contributed by atoms with Crippen LogP contribution in [0.15, 0.2) is 52.9 Å². The van der Waals surface area contributed by atoms with E-state index < -0.39 is 6.03 Å². The second kappa shape index (κ2) is 10.1. The van der Waals surface area contributed by atoms with Gasteiger partial charge in [-0.3, -0.25) is 5.32 Å². The number of nitrogens with one attached hydrogen (secondary N) is 2. The number of unbranched alkanes of at least 4 members (excludes halogenated alkanes) is 1. The van der Waals surface area contributed by atoms with E-state index in [4.69, 9.17) is 13.9 Å². The van der Waals surface area contributed by atoms with Crippen molar-refractivity contribution in [1.82, 2.24) is 10.2 Å². The summed E-state index contributed by atoms with van der Waals surface area (Å²) in [6.07, 6.45) is 2.55. The zero-order chi connectivity index (χ0) is 20.5. The van der Waals surface area contributed by atoms with Gasteiger partial charge < -0.3 is 19.2 Å². The van der Waals surface area contributed by atoms with Gasteiger partial charge in [0.2, 0.25) is 5.89 Å². The van der Waals surface area contributed by atoms with E-state index in [9.17, 15) is 4.79 Å². The molecule has 8 heteroatoms. The number of urea groups is 1. The minimum atomic E-state index is -0.468. The van der Waals surface area contributed by atoms with Gasteiger partial charge in [-0.2, -0.15) is 0 Å². The maximum Gasteiger partial charge on any atom is 0.327 e. The predicted octanol–water partition coefficient (Wildman–Crippen LogP) is 4.49. The van der Waals surface area contributed by atoms with Crippen LogP contribution in [0.4, 0.5) is 16.5 Å². The third-order valence-electron chi connectivity index (χ3n) is 4.08. The number of carbonyl (C=O) groups is 1. The zero-order valence-corrected chi connectivity index (χ0v) is 16.5. The lowest BCUT2D eigenvalue weighted by atomic mass is 10.1. The largest absolute Gasteiger partial charge is 0.497 e. The fourth-order valence-electron chi connectivity index (χ4n) is 2.52. The van der Waals surface area contributed by atoms with Crippen LogP contribution in [0, 0.1) is 0 Å².